The van der Waals surface area contributed by atoms with Gasteiger partial charge in [0.2, 0.25) is 0 Å². The second kappa shape index (κ2) is 8.36. The van der Waals surface area contributed by atoms with Gasteiger partial charge in [0.15, 0.2) is 12.4 Å². The Kier molecular flexibility index (Phi) is 6.21. The minimum Gasteiger partial charge on any atom is -0.384 e. The van der Waals surface area contributed by atoms with Crippen LogP contribution in [0.25, 0.3) is 0 Å². The molecule has 2 rings (SSSR count). The Morgan fingerprint density at radius 3 is 2.38 bits per heavy atom. The van der Waals surface area contributed by atoms with Crippen LogP contribution in [-0.4, -0.2) is 24.4 Å². The molecule has 0 fully saturated rings. The summed E-state index contributed by atoms with van der Waals surface area (Å²) in [6.45, 7) is 3.69. The third kappa shape index (κ3) is 4.73. The molecule has 0 radical (unpaired) electrons. The lowest BCUT2D eigenvalue weighted by Gasteiger charge is -2.26. The van der Waals surface area contributed by atoms with Crippen molar-refractivity contribution in [2.75, 3.05) is 11.5 Å². The molecule has 0 unspecified atom stereocenters. The van der Waals surface area contributed by atoms with Crippen LogP contribution in [0.4, 0.5) is 5.69 Å². The van der Waals surface area contributed by atoms with Crippen LogP contribution in [0, 0.1) is 0 Å². The Labute approximate surface area is 146 Å². The van der Waals surface area contributed by atoms with E-state index in [1.807, 2.05) is 44.2 Å². The fourth-order valence-electron chi connectivity index (χ4n) is 2.22. The maximum atomic E-state index is 12.4. The maximum Gasteiger partial charge on any atom is 0.267 e. The molecule has 2 aromatic rings. The van der Waals surface area contributed by atoms with Gasteiger partial charge in [0.25, 0.3) is 5.91 Å². The van der Waals surface area contributed by atoms with Gasteiger partial charge < -0.3 is 15.5 Å². The van der Waals surface area contributed by atoms with Crippen LogP contribution in [0.5, 0.6) is 0 Å². The predicted molar refractivity (Wildman–Crippen MR) is 97.2 cm³/mol. The number of oxime groups is 1. The summed E-state index contributed by atoms with van der Waals surface area (Å²) in [7, 11) is 0. The summed E-state index contributed by atoms with van der Waals surface area (Å²) < 4.78 is 0. The zero-order valence-electron chi connectivity index (χ0n) is 13.6. The number of halogens is 1. The molecule has 24 heavy (non-hydrogen) atoms. The highest BCUT2D eigenvalue weighted by atomic mass is 35.5. The van der Waals surface area contributed by atoms with E-state index in [-0.39, 0.29) is 24.4 Å². The number of nitrogens with two attached hydrogens (primary N) is 1. The number of rotatable bonds is 6. The van der Waals surface area contributed by atoms with Crippen LogP contribution in [0.2, 0.25) is 5.02 Å². The molecule has 2 aromatic carbocycles. The normalized spacial score (nSPS) is 11.4. The highest BCUT2D eigenvalue weighted by Crippen LogP contribution is 2.16. The second-order valence-corrected chi connectivity index (χ2v) is 5.89. The summed E-state index contributed by atoms with van der Waals surface area (Å²) in [5.74, 6) is -0.000805. The van der Waals surface area contributed by atoms with E-state index < -0.39 is 0 Å². The van der Waals surface area contributed by atoms with E-state index in [0.717, 1.165) is 5.69 Å². The van der Waals surface area contributed by atoms with E-state index in [9.17, 15) is 4.79 Å². The van der Waals surface area contributed by atoms with Crippen LogP contribution >= 0.6 is 11.6 Å². The number of carbonyl (C=O) groups excluding carboxylic acids is 1. The van der Waals surface area contributed by atoms with E-state index in [0.29, 0.717) is 10.6 Å². The SMILES string of the molecule is CC(C)N(C(=O)CO/N=C(\N)c1ccc(Cl)cc1)c1ccccc1. The van der Waals surface area contributed by atoms with E-state index in [1.165, 1.54) is 0 Å². The molecule has 6 heteroatoms. The Bertz CT molecular complexity index is 700. The standard InChI is InChI=1S/C18H20ClN3O2/c1-13(2)22(16-6-4-3-5-7-16)17(23)12-24-21-18(20)14-8-10-15(19)11-9-14/h3-11,13H,12H2,1-2H3,(H2,20,21). The molecule has 1 amide bonds. The van der Waals surface area contributed by atoms with Crippen molar-refractivity contribution in [3.05, 3.63) is 65.2 Å². The lowest BCUT2D eigenvalue weighted by Crippen LogP contribution is -2.39. The van der Waals surface area contributed by atoms with Crippen LogP contribution < -0.4 is 10.6 Å². The second-order valence-electron chi connectivity index (χ2n) is 5.45. The van der Waals surface area contributed by atoms with Gasteiger partial charge in [0, 0.05) is 22.3 Å². The minimum atomic E-state index is -0.193. The van der Waals surface area contributed by atoms with Gasteiger partial charge >= 0.3 is 0 Å². The Morgan fingerprint density at radius 1 is 1.17 bits per heavy atom. The predicted octanol–water partition coefficient (Wildman–Crippen LogP) is 3.42. The lowest BCUT2D eigenvalue weighted by molar-refractivity contribution is -0.123. The number of benzene rings is 2. The number of carbonyl (C=O) groups is 1. The van der Waals surface area contributed by atoms with Gasteiger partial charge in [-0.2, -0.15) is 0 Å². The molecule has 126 valence electrons. The molecule has 0 aliphatic heterocycles. The van der Waals surface area contributed by atoms with E-state index in [2.05, 4.69) is 5.16 Å². The molecule has 0 spiro atoms. The smallest absolute Gasteiger partial charge is 0.267 e. The highest BCUT2D eigenvalue weighted by molar-refractivity contribution is 6.30. The topological polar surface area (TPSA) is 67.9 Å². The number of nitrogens with zero attached hydrogens (tertiary/aromatic N) is 2. The summed E-state index contributed by atoms with van der Waals surface area (Å²) in [5.41, 5.74) is 7.33. The number of hydrogen-bond acceptors (Lipinski definition) is 3. The molecule has 0 aliphatic rings. The first kappa shape index (κ1) is 17.8. The zero-order chi connectivity index (χ0) is 17.5. The molecular formula is C18H20ClN3O2. The molecule has 0 aliphatic carbocycles. The fourth-order valence-corrected chi connectivity index (χ4v) is 2.34. The van der Waals surface area contributed by atoms with Gasteiger partial charge in [-0.3, -0.25) is 4.79 Å². The lowest BCUT2D eigenvalue weighted by atomic mass is 10.2. The van der Waals surface area contributed by atoms with Crippen molar-refractivity contribution in [2.45, 2.75) is 19.9 Å². The minimum absolute atomic E-state index is 0.00101. The van der Waals surface area contributed by atoms with Crippen LogP contribution in [0.1, 0.15) is 19.4 Å². The number of amidine groups is 1. The van der Waals surface area contributed by atoms with Crippen molar-refractivity contribution >= 4 is 29.0 Å². The molecule has 0 saturated heterocycles. The van der Waals surface area contributed by atoms with Crippen LogP contribution in [0.3, 0.4) is 0 Å². The monoisotopic (exact) mass is 345 g/mol. The third-order valence-electron chi connectivity index (χ3n) is 3.31. The first-order valence-corrected chi connectivity index (χ1v) is 7.95. The molecule has 0 bridgehead atoms. The highest BCUT2D eigenvalue weighted by Gasteiger charge is 2.19. The number of hydrogen-bond donors (Lipinski definition) is 1. The van der Waals surface area contributed by atoms with Crippen molar-refractivity contribution in [1.29, 1.82) is 0 Å². The van der Waals surface area contributed by atoms with Crippen molar-refractivity contribution < 1.29 is 9.63 Å². The van der Waals surface area contributed by atoms with Gasteiger partial charge in [0.05, 0.1) is 0 Å². The van der Waals surface area contributed by atoms with Gasteiger partial charge in [-0.15, -0.1) is 0 Å². The summed E-state index contributed by atoms with van der Waals surface area (Å²) in [5, 5.41) is 4.41. The van der Waals surface area contributed by atoms with Crippen molar-refractivity contribution in [3.8, 4) is 0 Å². The summed E-state index contributed by atoms with van der Waals surface area (Å²) in [4.78, 5) is 19.2. The Balaban J connectivity index is 2.00. The van der Waals surface area contributed by atoms with Crippen molar-refractivity contribution in [2.24, 2.45) is 10.9 Å². The quantitative estimate of drug-likeness (QED) is 0.495. The number of amides is 1. The summed E-state index contributed by atoms with van der Waals surface area (Å²) >= 11 is 5.82. The molecule has 5 nitrogen and oxygen atoms in total. The fraction of sp³-hybridized carbons (Fsp3) is 0.222. The first-order chi connectivity index (χ1) is 11.5. The van der Waals surface area contributed by atoms with E-state index in [4.69, 9.17) is 22.2 Å². The maximum absolute atomic E-state index is 12.4. The summed E-state index contributed by atoms with van der Waals surface area (Å²) in [6, 6.07) is 16.3. The van der Waals surface area contributed by atoms with Gasteiger partial charge in [-0.1, -0.05) is 35.0 Å². The largest absolute Gasteiger partial charge is 0.384 e. The molecule has 0 atom stereocenters. The molecule has 2 N–H and O–H groups in total. The van der Waals surface area contributed by atoms with Crippen molar-refractivity contribution in [3.63, 3.8) is 0 Å². The average molecular weight is 346 g/mol. The Hall–Kier alpha value is -2.53. The molecule has 0 heterocycles. The van der Waals surface area contributed by atoms with Crippen LogP contribution in [-0.2, 0) is 9.63 Å². The third-order valence-corrected chi connectivity index (χ3v) is 3.56. The van der Waals surface area contributed by atoms with Gasteiger partial charge in [0.1, 0.15) is 0 Å². The van der Waals surface area contributed by atoms with Gasteiger partial charge in [-0.05, 0) is 50.2 Å². The Morgan fingerprint density at radius 2 is 1.79 bits per heavy atom. The number of anilines is 1. The first-order valence-electron chi connectivity index (χ1n) is 7.57. The zero-order valence-corrected chi connectivity index (χ0v) is 14.4. The molecule has 0 aromatic heterocycles. The van der Waals surface area contributed by atoms with Crippen LogP contribution in [0.15, 0.2) is 59.8 Å². The van der Waals surface area contributed by atoms with Crippen molar-refractivity contribution in [1.82, 2.24) is 0 Å². The van der Waals surface area contributed by atoms with E-state index in [1.54, 1.807) is 29.2 Å². The number of para-hydroxylation sites is 1. The summed E-state index contributed by atoms with van der Waals surface area (Å²) in [6.07, 6.45) is 0. The molecular weight excluding hydrogens is 326 g/mol. The van der Waals surface area contributed by atoms with Gasteiger partial charge in [-0.25, -0.2) is 0 Å². The molecule has 0 saturated carbocycles. The van der Waals surface area contributed by atoms with E-state index >= 15 is 0 Å². The average Bonchev–Trinajstić information content (AvgIpc) is 2.56.